The van der Waals surface area contributed by atoms with Gasteiger partial charge in [-0.3, -0.25) is 10.1 Å². The van der Waals surface area contributed by atoms with E-state index in [2.05, 4.69) is 9.73 Å². The number of nitro benzene ring substituents is 1. The molecule has 0 atom stereocenters. The van der Waals surface area contributed by atoms with Gasteiger partial charge in [-0.05, 0) is 42.8 Å². The Hall–Kier alpha value is -2.33. The molecule has 0 aliphatic carbocycles. The Kier molecular flexibility index (Phi) is 5.56. The first-order chi connectivity index (χ1) is 12.8. The highest BCUT2D eigenvalue weighted by atomic mass is 32.2. The van der Waals surface area contributed by atoms with Gasteiger partial charge in [-0.1, -0.05) is 18.2 Å². The second-order valence-corrected chi connectivity index (χ2v) is 8.33. The molecule has 1 saturated heterocycles. The molecule has 144 valence electrons. The van der Waals surface area contributed by atoms with Crippen LogP contribution in [0.5, 0.6) is 0 Å². The third kappa shape index (κ3) is 4.51. The van der Waals surface area contributed by atoms with E-state index in [-0.39, 0.29) is 10.6 Å². The molecule has 0 saturated carbocycles. The van der Waals surface area contributed by atoms with Crippen molar-refractivity contribution < 1.29 is 13.3 Å². The minimum absolute atomic E-state index is 0.00373. The second-order valence-electron chi connectivity index (χ2n) is 6.67. The molecule has 1 N–H and O–H groups in total. The van der Waals surface area contributed by atoms with Crippen LogP contribution in [0.2, 0.25) is 0 Å². The summed E-state index contributed by atoms with van der Waals surface area (Å²) in [5.41, 5.74) is 2.32. The Morgan fingerprint density at radius 2 is 1.67 bits per heavy atom. The van der Waals surface area contributed by atoms with Crippen molar-refractivity contribution in [3.8, 4) is 11.1 Å². The topological polar surface area (TPSA) is 95.8 Å². The molecule has 9 heteroatoms. The fourth-order valence-corrected chi connectivity index (χ4v) is 4.09. The SMILES string of the molecule is Cc1ccc([N+](=O)[O-])cc1-c1ccc(S(=O)(=O)NN2CCN(C)CC2)cc1. The lowest BCUT2D eigenvalue weighted by Crippen LogP contribution is -2.52. The van der Waals surface area contributed by atoms with Gasteiger partial charge in [-0.2, -0.15) is 0 Å². The molecule has 2 aromatic carbocycles. The normalized spacial score (nSPS) is 16.4. The molecule has 1 aliphatic heterocycles. The summed E-state index contributed by atoms with van der Waals surface area (Å²) in [6, 6.07) is 11.0. The lowest BCUT2D eigenvalue weighted by molar-refractivity contribution is -0.384. The van der Waals surface area contributed by atoms with E-state index in [0.29, 0.717) is 18.7 Å². The largest absolute Gasteiger partial charge is 0.304 e. The lowest BCUT2D eigenvalue weighted by atomic mass is 10.00. The number of piperazine rings is 1. The first kappa shape index (κ1) is 19.4. The zero-order valence-corrected chi connectivity index (χ0v) is 16.1. The number of rotatable bonds is 5. The highest BCUT2D eigenvalue weighted by molar-refractivity contribution is 7.89. The van der Waals surface area contributed by atoms with E-state index in [4.69, 9.17) is 0 Å². The zero-order chi connectivity index (χ0) is 19.6. The molecule has 2 aromatic rings. The molecule has 27 heavy (non-hydrogen) atoms. The number of non-ortho nitro benzene ring substituents is 1. The fraction of sp³-hybridized carbons (Fsp3) is 0.333. The Bertz CT molecular complexity index is 936. The summed E-state index contributed by atoms with van der Waals surface area (Å²) < 4.78 is 25.2. The number of aryl methyl sites for hydroxylation is 1. The van der Waals surface area contributed by atoms with E-state index in [1.54, 1.807) is 23.2 Å². The quantitative estimate of drug-likeness (QED) is 0.620. The van der Waals surface area contributed by atoms with Crippen molar-refractivity contribution in [1.29, 1.82) is 0 Å². The molecule has 0 unspecified atom stereocenters. The molecule has 0 bridgehead atoms. The van der Waals surface area contributed by atoms with E-state index in [9.17, 15) is 18.5 Å². The van der Waals surface area contributed by atoms with Crippen LogP contribution in [0.4, 0.5) is 5.69 Å². The number of nitrogens with one attached hydrogen (secondary N) is 1. The monoisotopic (exact) mass is 390 g/mol. The van der Waals surface area contributed by atoms with Crippen LogP contribution in [0, 0.1) is 17.0 Å². The molecule has 8 nitrogen and oxygen atoms in total. The summed E-state index contributed by atoms with van der Waals surface area (Å²) in [6.07, 6.45) is 0. The van der Waals surface area contributed by atoms with E-state index in [1.807, 2.05) is 14.0 Å². The number of sulfonamides is 1. The Labute approximate surface area is 158 Å². The van der Waals surface area contributed by atoms with Crippen molar-refractivity contribution in [2.75, 3.05) is 33.2 Å². The maximum absolute atomic E-state index is 12.6. The third-order valence-corrected chi connectivity index (χ3v) is 6.05. The fourth-order valence-electron chi connectivity index (χ4n) is 2.97. The Balaban J connectivity index is 1.81. The first-order valence-corrected chi connectivity index (χ1v) is 10.1. The van der Waals surface area contributed by atoms with E-state index in [0.717, 1.165) is 24.2 Å². The molecule has 1 heterocycles. The van der Waals surface area contributed by atoms with Gasteiger partial charge in [0.05, 0.1) is 9.82 Å². The number of hydrogen-bond donors (Lipinski definition) is 1. The predicted octanol–water partition coefficient (Wildman–Crippen LogP) is 2.01. The van der Waals surface area contributed by atoms with E-state index in [1.165, 1.54) is 24.3 Å². The molecular formula is C18H22N4O4S. The summed E-state index contributed by atoms with van der Waals surface area (Å²) in [5.74, 6) is 0. The minimum Gasteiger partial charge on any atom is -0.304 e. The standard InChI is InChI=1S/C18H22N4O4S/c1-14-3-6-16(22(23)24)13-18(14)15-4-7-17(8-5-15)27(25,26)19-21-11-9-20(2)10-12-21/h3-8,13,19H,9-12H2,1-2H3. The van der Waals surface area contributed by atoms with Crippen LogP contribution in [0.1, 0.15) is 5.56 Å². The predicted molar refractivity (Wildman–Crippen MR) is 103 cm³/mol. The van der Waals surface area contributed by atoms with E-state index < -0.39 is 14.9 Å². The second kappa shape index (κ2) is 7.73. The highest BCUT2D eigenvalue weighted by Crippen LogP contribution is 2.28. The van der Waals surface area contributed by atoms with Crippen LogP contribution in [0.25, 0.3) is 11.1 Å². The highest BCUT2D eigenvalue weighted by Gasteiger charge is 2.21. The van der Waals surface area contributed by atoms with E-state index >= 15 is 0 Å². The Morgan fingerprint density at radius 1 is 1.04 bits per heavy atom. The number of likely N-dealkylation sites (N-methyl/N-ethyl adjacent to an activating group) is 1. The smallest absolute Gasteiger partial charge is 0.270 e. The summed E-state index contributed by atoms with van der Waals surface area (Å²) in [7, 11) is -1.66. The lowest BCUT2D eigenvalue weighted by Gasteiger charge is -2.32. The Morgan fingerprint density at radius 3 is 2.26 bits per heavy atom. The van der Waals surface area contributed by atoms with Gasteiger partial charge >= 0.3 is 0 Å². The number of nitrogens with zero attached hydrogens (tertiary/aromatic N) is 3. The number of nitro groups is 1. The summed E-state index contributed by atoms with van der Waals surface area (Å²) in [4.78, 5) is 15.5. The number of benzene rings is 2. The average Bonchev–Trinajstić information content (AvgIpc) is 2.64. The van der Waals surface area contributed by atoms with Crippen LogP contribution in [-0.4, -0.2) is 56.5 Å². The molecule has 0 spiro atoms. The van der Waals surface area contributed by atoms with Gasteiger partial charge < -0.3 is 4.90 Å². The van der Waals surface area contributed by atoms with Crippen LogP contribution >= 0.6 is 0 Å². The van der Waals surface area contributed by atoms with Crippen molar-refractivity contribution in [3.05, 3.63) is 58.1 Å². The maximum Gasteiger partial charge on any atom is 0.270 e. The van der Waals surface area contributed by atoms with Crippen LogP contribution < -0.4 is 4.83 Å². The summed E-state index contributed by atoms with van der Waals surface area (Å²) in [6.45, 7) is 4.71. The van der Waals surface area contributed by atoms with Gasteiger partial charge in [-0.25, -0.2) is 13.4 Å². The maximum atomic E-state index is 12.6. The molecule has 0 aromatic heterocycles. The van der Waals surface area contributed by atoms with Gasteiger partial charge in [0, 0.05) is 38.3 Å². The molecule has 0 radical (unpaired) electrons. The van der Waals surface area contributed by atoms with Crippen molar-refractivity contribution in [3.63, 3.8) is 0 Å². The van der Waals surface area contributed by atoms with Gasteiger partial charge in [0.1, 0.15) is 0 Å². The van der Waals surface area contributed by atoms with Gasteiger partial charge in [-0.15, -0.1) is 4.83 Å². The molecule has 0 amide bonds. The average molecular weight is 390 g/mol. The summed E-state index contributed by atoms with van der Waals surface area (Å²) in [5, 5.41) is 12.7. The van der Waals surface area contributed by atoms with Crippen molar-refractivity contribution >= 4 is 15.7 Å². The van der Waals surface area contributed by atoms with Crippen LogP contribution in [0.3, 0.4) is 0 Å². The number of hydrazine groups is 1. The van der Waals surface area contributed by atoms with Gasteiger partial charge in [0.25, 0.3) is 15.7 Å². The first-order valence-electron chi connectivity index (χ1n) is 8.58. The van der Waals surface area contributed by atoms with Crippen molar-refractivity contribution in [2.45, 2.75) is 11.8 Å². The minimum atomic E-state index is -3.66. The van der Waals surface area contributed by atoms with Crippen LogP contribution in [0.15, 0.2) is 47.4 Å². The van der Waals surface area contributed by atoms with Crippen molar-refractivity contribution in [2.24, 2.45) is 0 Å². The molecular weight excluding hydrogens is 368 g/mol. The van der Waals surface area contributed by atoms with Crippen molar-refractivity contribution in [1.82, 2.24) is 14.7 Å². The number of hydrogen-bond acceptors (Lipinski definition) is 6. The third-order valence-electron chi connectivity index (χ3n) is 4.66. The zero-order valence-electron chi connectivity index (χ0n) is 15.3. The van der Waals surface area contributed by atoms with Crippen LogP contribution in [-0.2, 0) is 10.0 Å². The molecule has 3 rings (SSSR count). The molecule has 1 aliphatic rings. The van der Waals surface area contributed by atoms with Gasteiger partial charge in [0.15, 0.2) is 0 Å². The molecule has 1 fully saturated rings. The van der Waals surface area contributed by atoms with Gasteiger partial charge in [0.2, 0.25) is 0 Å². The summed E-state index contributed by atoms with van der Waals surface area (Å²) >= 11 is 0.